The van der Waals surface area contributed by atoms with Crippen LogP contribution < -0.4 is 26.4 Å². The lowest BCUT2D eigenvalue weighted by Gasteiger charge is -2.30. The number of primary amides is 1. The van der Waals surface area contributed by atoms with E-state index < -0.39 is 23.8 Å². The molecule has 0 bridgehead atoms. The molecule has 0 aliphatic carbocycles. The van der Waals surface area contributed by atoms with Crippen LogP contribution in [0.1, 0.15) is 50.2 Å². The van der Waals surface area contributed by atoms with Crippen molar-refractivity contribution in [1.29, 1.82) is 0 Å². The van der Waals surface area contributed by atoms with E-state index in [1.54, 1.807) is 43.3 Å². The number of anilines is 2. The van der Waals surface area contributed by atoms with Crippen molar-refractivity contribution in [2.75, 3.05) is 17.2 Å². The first-order valence-corrected chi connectivity index (χ1v) is 12.6. The molecule has 4 aromatic rings. The van der Waals surface area contributed by atoms with Gasteiger partial charge in [-0.3, -0.25) is 19.3 Å². The number of aromatic nitrogens is 1. The third kappa shape index (κ3) is 5.68. The van der Waals surface area contributed by atoms with Crippen LogP contribution in [0.4, 0.5) is 11.4 Å². The number of ether oxygens (including phenoxy) is 1. The number of nitrogens with zero attached hydrogens (tertiary/aromatic N) is 2. The van der Waals surface area contributed by atoms with E-state index in [-0.39, 0.29) is 28.6 Å². The van der Waals surface area contributed by atoms with Crippen LogP contribution in [0.5, 0.6) is 5.75 Å². The molecule has 5 N–H and O–H groups in total. The lowest BCUT2D eigenvalue weighted by atomic mass is 10.1. The van der Waals surface area contributed by atoms with Gasteiger partial charge in [-0.2, -0.15) is 4.37 Å². The molecule has 2 aromatic heterocycles. The Morgan fingerprint density at radius 1 is 1.08 bits per heavy atom. The topological polar surface area (TPSA) is 154 Å². The van der Waals surface area contributed by atoms with Crippen molar-refractivity contribution in [1.82, 2.24) is 9.69 Å². The minimum atomic E-state index is -1.21. The Kier molecular flexibility index (Phi) is 8.07. The second-order valence-electron chi connectivity index (χ2n) is 8.29. The normalized spacial score (nSPS) is 11.5. The van der Waals surface area contributed by atoms with Gasteiger partial charge < -0.3 is 25.9 Å². The van der Waals surface area contributed by atoms with Gasteiger partial charge in [0, 0.05) is 12.2 Å². The maximum atomic E-state index is 14.0. The Labute approximate surface area is 223 Å². The lowest BCUT2D eigenvalue weighted by molar-refractivity contribution is -0.123. The molecular formula is C27H27N5O5S. The van der Waals surface area contributed by atoms with Crippen molar-refractivity contribution >= 4 is 40.6 Å². The summed E-state index contributed by atoms with van der Waals surface area (Å²) in [6.07, 6.45) is 0. The molecule has 0 saturated heterocycles. The molecule has 10 nitrogen and oxygen atoms in total. The van der Waals surface area contributed by atoms with Crippen LogP contribution in [0.25, 0.3) is 0 Å². The minimum Gasteiger partial charge on any atom is -0.494 e. The first-order valence-electron chi connectivity index (χ1n) is 11.8. The summed E-state index contributed by atoms with van der Waals surface area (Å²) in [5.41, 5.74) is 12.4. The van der Waals surface area contributed by atoms with Crippen molar-refractivity contribution in [2.24, 2.45) is 5.73 Å². The van der Waals surface area contributed by atoms with E-state index in [0.717, 1.165) is 17.1 Å². The van der Waals surface area contributed by atoms with E-state index in [9.17, 15) is 14.4 Å². The number of nitrogens with one attached hydrogen (secondary N) is 1. The largest absolute Gasteiger partial charge is 0.494 e. The molecule has 2 aromatic carbocycles. The number of hydrogen-bond acceptors (Lipinski definition) is 8. The smallest absolute Gasteiger partial charge is 0.273 e. The number of nitrogens with two attached hydrogens (primary N) is 2. The predicted octanol–water partition coefficient (Wildman–Crippen LogP) is 3.83. The van der Waals surface area contributed by atoms with Gasteiger partial charge in [-0.25, -0.2) is 0 Å². The Morgan fingerprint density at radius 2 is 1.79 bits per heavy atom. The number of aryl methyl sites for hydroxylation is 1. The van der Waals surface area contributed by atoms with Gasteiger partial charge in [0.15, 0.2) is 11.7 Å². The molecule has 0 saturated carbocycles. The molecule has 0 aliphatic rings. The van der Waals surface area contributed by atoms with Gasteiger partial charge in [0.05, 0.1) is 12.3 Å². The highest BCUT2D eigenvalue weighted by Crippen LogP contribution is 2.34. The Bertz CT molecular complexity index is 1430. The fraction of sp³-hybridized carbons (Fsp3) is 0.185. The first-order chi connectivity index (χ1) is 18.3. The molecule has 0 radical (unpaired) electrons. The summed E-state index contributed by atoms with van der Waals surface area (Å²) in [6, 6.07) is 18.2. The van der Waals surface area contributed by atoms with Crippen LogP contribution in [0, 0.1) is 6.92 Å². The summed E-state index contributed by atoms with van der Waals surface area (Å²) >= 11 is 0.733. The molecule has 3 amide bonds. The number of hydrogen-bond donors (Lipinski definition) is 3. The van der Waals surface area contributed by atoms with E-state index in [4.69, 9.17) is 20.6 Å². The molecule has 1 unspecified atom stereocenters. The molecular weight excluding hydrogens is 506 g/mol. The van der Waals surface area contributed by atoms with Gasteiger partial charge in [0.1, 0.15) is 22.1 Å². The average molecular weight is 534 g/mol. The average Bonchev–Trinajstić information content (AvgIpc) is 3.52. The summed E-state index contributed by atoms with van der Waals surface area (Å²) in [4.78, 5) is 40.7. The highest BCUT2D eigenvalue weighted by Gasteiger charge is 2.37. The molecule has 38 heavy (non-hydrogen) atoms. The summed E-state index contributed by atoms with van der Waals surface area (Å²) in [6.45, 7) is 4.30. The number of furan rings is 1. The molecule has 196 valence electrons. The second-order valence-corrected chi connectivity index (χ2v) is 9.07. The number of carbonyl (C=O) groups excluding carboxylic acids is 3. The van der Waals surface area contributed by atoms with E-state index in [1.165, 1.54) is 4.90 Å². The number of nitrogen functional groups attached to an aromatic ring is 1. The third-order valence-electron chi connectivity index (χ3n) is 5.65. The summed E-state index contributed by atoms with van der Waals surface area (Å²) in [5.74, 6) is -0.587. The number of benzene rings is 2. The van der Waals surface area contributed by atoms with Gasteiger partial charge in [0.25, 0.3) is 17.7 Å². The Morgan fingerprint density at radius 3 is 2.37 bits per heavy atom. The van der Waals surface area contributed by atoms with Crippen molar-refractivity contribution < 1.29 is 23.5 Å². The van der Waals surface area contributed by atoms with Crippen LogP contribution in [-0.4, -0.2) is 28.7 Å². The highest BCUT2D eigenvalue weighted by atomic mass is 32.1. The monoisotopic (exact) mass is 533 g/mol. The van der Waals surface area contributed by atoms with Gasteiger partial charge in [-0.1, -0.05) is 30.3 Å². The second kappa shape index (κ2) is 11.6. The fourth-order valence-corrected chi connectivity index (χ4v) is 4.59. The molecule has 0 aliphatic heterocycles. The van der Waals surface area contributed by atoms with Crippen LogP contribution in [0.15, 0.2) is 71.1 Å². The first kappa shape index (κ1) is 26.4. The van der Waals surface area contributed by atoms with Gasteiger partial charge in [-0.05, 0) is 67.3 Å². The molecule has 1 atom stereocenters. The summed E-state index contributed by atoms with van der Waals surface area (Å²) in [7, 11) is 0. The molecule has 0 fully saturated rings. The maximum absolute atomic E-state index is 14.0. The quantitative estimate of drug-likeness (QED) is 0.280. The molecule has 4 rings (SSSR count). The zero-order valence-electron chi connectivity index (χ0n) is 20.8. The Balaban J connectivity index is 1.80. The molecule has 0 spiro atoms. The molecule has 2 heterocycles. The van der Waals surface area contributed by atoms with Gasteiger partial charge in [0.2, 0.25) is 0 Å². The summed E-state index contributed by atoms with van der Waals surface area (Å²) < 4.78 is 15.3. The number of amides is 3. The number of rotatable bonds is 10. The van der Waals surface area contributed by atoms with Crippen molar-refractivity contribution in [3.63, 3.8) is 0 Å². The van der Waals surface area contributed by atoms with Gasteiger partial charge >= 0.3 is 0 Å². The van der Waals surface area contributed by atoms with Crippen LogP contribution in [0.3, 0.4) is 0 Å². The number of carbonyl (C=O) groups is 3. The SMILES string of the molecule is CCOc1ccc(N(C(=O)c2snc(C(N)=O)c2N)C(C(=O)NCc2ccccc2)c2ccc(C)o2)cc1. The zero-order chi connectivity index (χ0) is 27.2. The highest BCUT2D eigenvalue weighted by molar-refractivity contribution is 7.09. The van der Waals surface area contributed by atoms with Crippen LogP contribution >= 0.6 is 11.5 Å². The fourth-order valence-electron chi connectivity index (χ4n) is 3.85. The van der Waals surface area contributed by atoms with Crippen molar-refractivity contribution in [3.05, 3.63) is 94.4 Å². The minimum absolute atomic E-state index is 0.0307. The van der Waals surface area contributed by atoms with E-state index in [2.05, 4.69) is 9.69 Å². The standard InChI is InChI=1S/C27H27N5O5S/c1-3-36-19-12-10-18(11-13-19)32(27(35)24-21(28)22(25(29)33)31-38-24)23(20-14-9-16(2)37-20)26(34)30-15-17-7-5-4-6-8-17/h4-14,23H,3,15,28H2,1-2H3,(H2,29,33)(H,30,34). The zero-order valence-corrected chi connectivity index (χ0v) is 21.7. The van der Waals surface area contributed by atoms with E-state index in [0.29, 0.717) is 23.8 Å². The molecule has 11 heteroatoms. The van der Waals surface area contributed by atoms with Gasteiger partial charge in [-0.15, -0.1) is 0 Å². The van der Waals surface area contributed by atoms with Crippen LogP contribution in [0.2, 0.25) is 0 Å². The van der Waals surface area contributed by atoms with Crippen molar-refractivity contribution in [3.8, 4) is 5.75 Å². The van der Waals surface area contributed by atoms with Crippen molar-refractivity contribution in [2.45, 2.75) is 26.4 Å². The third-order valence-corrected chi connectivity index (χ3v) is 6.50. The van der Waals surface area contributed by atoms with E-state index in [1.807, 2.05) is 37.3 Å². The Hall–Kier alpha value is -4.64. The summed E-state index contributed by atoms with van der Waals surface area (Å²) in [5, 5.41) is 2.90. The predicted molar refractivity (Wildman–Crippen MR) is 144 cm³/mol. The van der Waals surface area contributed by atoms with E-state index >= 15 is 0 Å². The maximum Gasteiger partial charge on any atom is 0.273 e. The lowest BCUT2D eigenvalue weighted by Crippen LogP contribution is -2.43. The van der Waals surface area contributed by atoms with Crippen LogP contribution in [-0.2, 0) is 11.3 Å².